The number of nitriles is 1. The maximum absolute atomic E-state index is 12.5. The van der Waals surface area contributed by atoms with Crippen LogP contribution in [0.2, 0.25) is 15.1 Å². The average molecular weight is 463 g/mol. The molecule has 0 bridgehead atoms. The first-order valence-electron chi connectivity index (χ1n) is 8.43. The maximum atomic E-state index is 12.5. The van der Waals surface area contributed by atoms with Gasteiger partial charge in [0.05, 0.1) is 0 Å². The first kappa shape index (κ1) is 21.4. The molecule has 0 atom stereocenters. The lowest BCUT2D eigenvalue weighted by Crippen LogP contribution is -2.13. The molecule has 0 saturated heterocycles. The summed E-state index contributed by atoms with van der Waals surface area (Å²) in [4.78, 5) is 17.6. The van der Waals surface area contributed by atoms with Crippen LogP contribution in [0.1, 0.15) is 21.6 Å². The zero-order valence-electron chi connectivity index (χ0n) is 15.2. The minimum Gasteiger partial charge on any atom is -0.297 e. The quantitative estimate of drug-likeness (QED) is 0.345. The third kappa shape index (κ3) is 5.59. The van der Waals surface area contributed by atoms with Gasteiger partial charge in [-0.25, -0.2) is 4.98 Å². The molecule has 3 rings (SSSR count). The van der Waals surface area contributed by atoms with Gasteiger partial charge in [-0.1, -0.05) is 53.0 Å². The van der Waals surface area contributed by atoms with Crippen molar-refractivity contribution in [2.24, 2.45) is 0 Å². The van der Waals surface area contributed by atoms with Crippen molar-refractivity contribution in [1.29, 1.82) is 5.26 Å². The number of halogens is 3. The molecule has 1 aromatic heterocycles. The number of amides is 1. The number of anilines is 1. The largest absolute Gasteiger partial charge is 0.297 e. The van der Waals surface area contributed by atoms with Crippen molar-refractivity contribution in [3.8, 4) is 6.07 Å². The smallest absolute Gasteiger partial charge is 0.268 e. The number of carbonyl (C=O) groups excluding carboxylic acids is 1. The summed E-state index contributed by atoms with van der Waals surface area (Å²) in [7, 11) is 0. The molecular formula is C21H14Cl3N3OS. The highest BCUT2D eigenvalue weighted by Gasteiger charge is 2.13. The molecule has 0 spiro atoms. The summed E-state index contributed by atoms with van der Waals surface area (Å²) in [6.45, 7) is 1.95. The molecule has 0 fully saturated rings. The van der Waals surface area contributed by atoms with E-state index in [0.29, 0.717) is 32.2 Å². The minimum atomic E-state index is -0.558. The molecular weight excluding hydrogens is 449 g/mol. The van der Waals surface area contributed by atoms with Gasteiger partial charge in [0.25, 0.3) is 5.91 Å². The Hall–Kier alpha value is -2.36. The van der Waals surface area contributed by atoms with E-state index >= 15 is 0 Å². The van der Waals surface area contributed by atoms with Gasteiger partial charge in [-0.3, -0.25) is 10.1 Å². The Labute approximate surface area is 187 Å². The van der Waals surface area contributed by atoms with E-state index in [9.17, 15) is 10.1 Å². The standard InChI is InChI=1S/C21H14Cl3N3OS/c1-12-2-3-13(7-18(12)23)6-17-11-26-21(29-17)27-20(28)15(10-25)8-14-4-5-16(22)9-19(14)24/h2-5,7-9,11H,6H2,1H3,(H,26,27,28)/b15-8+. The molecule has 1 heterocycles. The van der Waals surface area contributed by atoms with Crippen LogP contribution in [-0.4, -0.2) is 10.9 Å². The molecule has 146 valence electrons. The molecule has 1 amide bonds. The van der Waals surface area contributed by atoms with Gasteiger partial charge < -0.3 is 0 Å². The molecule has 0 aliphatic carbocycles. The number of rotatable bonds is 5. The Morgan fingerprint density at radius 3 is 2.69 bits per heavy atom. The van der Waals surface area contributed by atoms with E-state index < -0.39 is 5.91 Å². The molecule has 3 aromatic rings. The molecule has 8 heteroatoms. The van der Waals surface area contributed by atoms with Gasteiger partial charge in [0, 0.05) is 32.6 Å². The third-order valence-electron chi connectivity index (χ3n) is 4.02. The van der Waals surface area contributed by atoms with E-state index in [0.717, 1.165) is 16.0 Å². The van der Waals surface area contributed by atoms with Crippen molar-refractivity contribution >= 4 is 63.3 Å². The number of nitrogens with one attached hydrogen (secondary N) is 1. The third-order valence-corrected chi connectivity index (χ3v) is 5.90. The summed E-state index contributed by atoms with van der Waals surface area (Å²) in [5, 5.41) is 14.0. The Bertz CT molecular complexity index is 1150. The monoisotopic (exact) mass is 461 g/mol. The van der Waals surface area contributed by atoms with Crippen molar-refractivity contribution in [3.63, 3.8) is 0 Å². The van der Waals surface area contributed by atoms with Gasteiger partial charge in [0.2, 0.25) is 0 Å². The molecule has 0 unspecified atom stereocenters. The van der Waals surface area contributed by atoms with Crippen LogP contribution in [0.4, 0.5) is 5.13 Å². The Morgan fingerprint density at radius 2 is 2.00 bits per heavy atom. The van der Waals surface area contributed by atoms with Gasteiger partial charge in [-0.2, -0.15) is 5.26 Å². The predicted octanol–water partition coefficient (Wildman–Crippen LogP) is 6.55. The van der Waals surface area contributed by atoms with Crippen LogP contribution < -0.4 is 5.32 Å². The van der Waals surface area contributed by atoms with E-state index in [-0.39, 0.29) is 5.57 Å². The number of hydrogen-bond donors (Lipinski definition) is 1. The van der Waals surface area contributed by atoms with Crippen LogP contribution in [-0.2, 0) is 11.2 Å². The van der Waals surface area contributed by atoms with Crippen LogP contribution in [0, 0.1) is 18.3 Å². The summed E-state index contributed by atoms with van der Waals surface area (Å²) in [5.74, 6) is -0.558. The number of aromatic nitrogens is 1. The second-order valence-corrected chi connectivity index (χ2v) is 8.55. The fourth-order valence-electron chi connectivity index (χ4n) is 2.48. The van der Waals surface area contributed by atoms with Gasteiger partial charge in [0.15, 0.2) is 5.13 Å². The first-order chi connectivity index (χ1) is 13.9. The van der Waals surface area contributed by atoms with Gasteiger partial charge in [-0.05, 0) is 47.9 Å². The summed E-state index contributed by atoms with van der Waals surface area (Å²) in [6, 6.07) is 12.6. The van der Waals surface area contributed by atoms with Crippen molar-refractivity contribution in [3.05, 3.63) is 84.8 Å². The Kier molecular flexibility index (Phi) is 6.94. The van der Waals surface area contributed by atoms with Crippen LogP contribution in [0.15, 0.2) is 48.2 Å². The number of benzene rings is 2. The number of hydrogen-bond acceptors (Lipinski definition) is 4. The second-order valence-electron chi connectivity index (χ2n) is 6.18. The molecule has 4 nitrogen and oxygen atoms in total. The zero-order chi connectivity index (χ0) is 21.0. The SMILES string of the molecule is Cc1ccc(Cc2cnc(NC(=O)/C(C#N)=C/c3ccc(Cl)cc3Cl)s2)cc1Cl. The van der Waals surface area contributed by atoms with E-state index in [1.807, 2.05) is 31.2 Å². The van der Waals surface area contributed by atoms with Gasteiger partial charge in [0.1, 0.15) is 11.6 Å². The fraction of sp³-hybridized carbons (Fsp3) is 0.0952. The lowest BCUT2D eigenvalue weighted by atomic mass is 10.1. The summed E-state index contributed by atoms with van der Waals surface area (Å²) < 4.78 is 0. The summed E-state index contributed by atoms with van der Waals surface area (Å²) in [6.07, 6.45) is 3.76. The van der Waals surface area contributed by atoms with Crippen molar-refractivity contribution in [2.45, 2.75) is 13.3 Å². The predicted molar refractivity (Wildman–Crippen MR) is 120 cm³/mol. The van der Waals surface area contributed by atoms with Crippen molar-refractivity contribution < 1.29 is 4.79 Å². The maximum Gasteiger partial charge on any atom is 0.268 e. The summed E-state index contributed by atoms with van der Waals surface area (Å²) >= 11 is 19.5. The topological polar surface area (TPSA) is 65.8 Å². The average Bonchev–Trinajstić information content (AvgIpc) is 3.11. The molecule has 0 aliphatic rings. The van der Waals surface area contributed by atoms with Gasteiger partial charge in [-0.15, -0.1) is 11.3 Å². The van der Waals surface area contributed by atoms with Gasteiger partial charge >= 0.3 is 0 Å². The Balaban J connectivity index is 1.72. The molecule has 1 N–H and O–H groups in total. The fourth-order valence-corrected chi connectivity index (χ4v) is 3.99. The molecule has 0 saturated carbocycles. The van der Waals surface area contributed by atoms with Crippen molar-refractivity contribution in [1.82, 2.24) is 4.98 Å². The first-order valence-corrected chi connectivity index (χ1v) is 10.4. The highest BCUT2D eigenvalue weighted by atomic mass is 35.5. The van der Waals surface area contributed by atoms with E-state index in [2.05, 4.69) is 10.3 Å². The number of carbonyl (C=O) groups is 1. The molecule has 2 aromatic carbocycles. The molecule has 29 heavy (non-hydrogen) atoms. The van der Waals surface area contributed by atoms with E-state index in [1.165, 1.54) is 17.4 Å². The lowest BCUT2D eigenvalue weighted by molar-refractivity contribution is -0.112. The highest BCUT2D eigenvalue weighted by Crippen LogP contribution is 2.26. The second kappa shape index (κ2) is 9.43. The Morgan fingerprint density at radius 1 is 1.21 bits per heavy atom. The number of aryl methyl sites for hydroxylation is 1. The van der Waals surface area contributed by atoms with Crippen LogP contribution in [0.3, 0.4) is 0 Å². The zero-order valence-corrected chi connectivity index (χ0v) is 18.3. The summed E-state index contributed by atoms with van der Waals surface area (Å²) in [5.41, 5.74) is 2.51. The normalized spacial score (nSPS) is 11.2. The number of nitrogens with zero attached hydrogens (tertiary/aromatic N) is 2. The highest BCUT2D eigenvalue weighted by molar-refractivity contribution is 7.15. The van der Waals surface area contributed by atoms with Crippen molar-refractivity contribution in [2.75, 3.05) is 5.32 Å². The lowest BCUT2D eigenvalue weighted by Gasteiger charge is -2.03. The van der Waals surface area contributed by atoms with Crippen LogP contribution in [0.25, 0.3) is 6.08 Å². The van der Waals surface area contributed by atoms with Crippen LogP contribution in [0.5, 0.6) is 0 Å². The molecule has 0 aliphatic heterocycles. The number of thiazole rings is 1. The van der Waals surface area contributed by atoms with E-state index in [4.69, 9.17) is 34.8 Å². The minimum absolute atomic E-state index is 0.0868. The molecule has 0 radical (unpaired) electrons. The van der Waals surface area contributed by atoms with E-state index in [1.54, 1.807) is 24.4 Å². The van der Waals surface area contributed by atoms with Crippen LogP contribution >= 0.6 is 46.1 Å².